The minimum absolute atomic E-state index is 0.0214. The van der Waals surface area contributed by atoms with Gasteiger partial charge in [0.25, 0.3) is 10.0 Å². The van der Waals surface area contributed by atoms with E-state index in [4.69, 9.17) is 21.1 Å². The van der Waals surface area contributed by atoms with Crippen molar-refractivity contribution >= 4 is 39.1 Å². The maximum atomic E-state index is 14.1. The summed E-state index contributed by atoms with van der Waals surface area (Å²) in [6.07, 6.45) is 1.05. The second-order valence-electron chi connectivity index (χ2n) is 9.48. The van der Waals surface area contributed by atoms with Crippen molar-refractivity contribution in [1.29, 1.82) is 0 Å². The molecule has 3 aromatic carbocycles. The third kappa shape index (κ3) is 7.12. The SMILES string of the molecule is CCCNC(=O)C(CC)N(Cc1ccccc1Cl)C(=O)CN(c1ccc2c(c1)OCCO2)S(=O)(=O)c1ccccc1. The molecule has 0 aromatic heterocycles. The zero-order chi connectivity index (χ0) is 29.4. The Hall–Kier alpha value is -3.76. The molecule has 11 heteroatoms. The van der Waals surface area contributed by atoms with Crippen molar-refractivity contribution < 1.29 is 27.5 Å². The van der Waals surface area contributed by atoms with Crippen LogP contribution in [-0.4, -0.2) is 57.5 Å². The van der Waals surface area contributed by atoms with Crippen molar-refractivity contribution in [3.05, 3.63) is 83.4 Å². The molecule has 1 aliphatic rings. The topological polar surface area (TPSA) is 105 Å². The number of hydrogen-bond acceptors (Lipinski definition) is 6. The zero-order valence-corrected chi connectivity index (χ0v) is 24.7. The molecule has 1 aliphatic heterocycles. The highest BCUT2D eigenvalue weighted by Gasteiger charge is 2.34. The minimum Gasteiger partial charge on any atom is -0.486 e. The molecule has 0 radical (unpaired) electrons. The van der Waals surface area contributed by atoms with Gasteiger partial charge < -0.3 is 19.7 Å². The molecule has 1 atom stereocenters. The van der Waals surface area contributed by atoms with Crippen LogP contribution in [0, 0.1) is 0 Å². The van der Waals surface area contributed by atoms with Crippen LogP contribution < -0.4 is 19.1 Å². The van der Waals surface area contributed by atoms with E-state index in [0.29, 0.717) is 48.3 Å². The summed E-state index contributed by atoms with van der Waals surface area (Å²) in [4.78, 5) is 28.7. The third-order valence-corrected chi connectivity index (χ3v) is 8.81. The van der Waals surface area contributed by atoms with Gasteiger partial charge in [-0.05, 0) is 48.7 Å². The normalized spacial score (nSPS) is 13.2. The molecule has 41 heavy (non-hydrogen) atoms. The second-order valence-corrected chi connectivity index (χ2v) is 11.8. The number of halogens is 1. The molecule has 0 saturated heterocycles. The molecule has 0 bridgehead atoms. The Balaban J connectivity index is 1.75. The summed E-state index contributed by atoms with van der Waals surface area (Å²) in [6.45, 7) is 4.37. The van der Waals surface area contributed by atoms with E-state index in [0.717, 1.165) is 10.7 Å². The quantitative estimate of drug-likeness (QED) is 0.325. The molecule has 4 rings (SSSR count). The monoisotopic (exact) mass is 599 g/mol. The van der Waals surface area contributed by atoms with Crippen LogP contribution in [0.15, 0.2) is 77.7 Å². The highest BCUT2D eigenvalue weighted by atomic mass is 35.5. The number of nitrogens with zero attached hydrogens (tertiary/aromatic N) is 2. The summed E-state index contributed by atoms with van der Waals surface area (Å²) in [5, 5.41) is 3.31. The number of benzene rings is 3. The third-order valence-electron chi connectivity index (χ3n) is 6.66. The second kappa shape index (κ2) is 13.7. The van der Waals surface area contributed by atoms with Gasteiger partial charge in [-0.15, -0.1) is 0 Å². The Morgan fingerprint density at radius 3 is 2.32 bits per heavy atom. The number of carbonyl (C=O) groups excluding carboxylic acids is 2. The summed E-state index contributed by atoms with van der Waals surface area (Å²) in [5.74, 6) is -0.000464. The summed E-state index contributed by atoms with van der Waals surface area (Å²) in [7, 11) is -4.19. The summed E-state index contributed by atoms with van der Waals surface area (Å²) >= 11 is 6.44. The Kier molecular flexibility index (Phi) is 10.1. The van der Waals surface area contributed by atoms with Crippen molar-refractivity contribution in [1.82, 2.24) is 10.2 Å². The van der Waals surface area contributed by atoms with E-state index in [1.165, 1.54) is 17.0 Å². The lowest BCUT2D eigenvalue weighted by atomic mass is 10.1. The number of anilines is 1. The first-order valence-electron chi connectivity index (χ1n) is 13.5. The number of nitrogens with one attached hydrogen (secondary N) is 1. The van der Waals surface area contributed by atoms with Crippen molar-refractivity contribution in [2.24, 2.45) is 0 Å². The van der Waals surface area contributed by atoms with Crippen LogP contribution in [0.2, 0.25) is 5.02 Å². The Labute approximate surface area is 246 Å². The van der Waals surface area contributed by atoms with Gasteiger partial charge in [-0.3, -0.25) is 13.9 Å². The molecule has 9 nitrogen and oxygen atoms in total. The summed E-state index contributed by atoms with van der Waals surface area (Å²) < 4.78 is 40.3. The Morgan fingerprint density at radius 1 is 0.951 bits per heavy atom. The summed E-state index contributed by atoms with van der Waals surface area (Å²) in [6, 6.07) is 18.8. The van der Waals surface area contributed by atoms with E-state index in [-0.39, 0.29) is 23.0 Å². The highest BCUT2D eigenvalue weighted by Crippen LogP contribution is 2.36. The van der Waals surface area contributed by atoms with Crippen molar-refractivity contribution in [2.45, 2.75) is 44.2 Å². The van der Waals surface area contributed by atoms with Crippen LogP contribution >= 0.6 is 11.6 Å². The number of amides is 2. The largest absolute Gasteiger partial charge is 0.486 e. The van der Waals surface area contributed by atoms with Gasteiger partial charge in [-0.25, -0.2) is 8.42 Å². The van der Waals surface area contributed by atoms with Crippen LogP contribution in [0.4, 0.5) is 5.69 Å². The number of fused-ring (bicyclic) bond motifs is 1. The smallest absolute Gasteiger partial charge is 0.264 e. The average Bonchev–Trinajstić information content (AvgIpc) is 2.99. The fraction of sp³-hybridized carbons (Fsp3) is 0.333. The maximum absolute atomic E-state index is 14.1. The first-order valence-corrected chi connectivity index (χ1v) is 15.4. The molecule has 0 saturated carbocycles. The molecule has 0 spiro atoms. The standard InChI is InChI=1S/C30H34ClN3O6S/c1-3-16-32-30(36)26(4-2)33(20-22-10-8-9-13-25(22)31)29(35)21-34(41(37,38)24-11-6-5-7-12-24)23-14-15-27-28(19-23)40-18-17-39-27/h5-15,19,26H,3-4,16-18,20-21H2,1-2H3,(H,32,36). The number of carbonyl (C=O) groups is 2. The van der Waals surface area contributed by atoms with E-state index in [9.17, 15) is 18.0 Å². The van der Waals surface area contributed by atoms with Crippen LogP contribution in [0.3, 0.4) is 0 Å². The first kappa shape index (κ1) is 30.2. The number of hydrogen-bond donors (Lipinski definition) is 1. The van der Waals surface area contributed by atoms with Gasteiger partial charge in [0.05, 0.1) is 10.6 Å². The van der Waals surface area contributed by atoms with Gasteiger partial charge in [0, 0.05) is 24.2 Å². The van der Waals surface area contributed by atoms with E-state index in [1.807, 2.05) is 13.8 Å². The molecule has 218 valence electrons. The molecule has 0 aliphatic carbocycles. The lowest BCUT2D eigenvalue weighted by Gasteiger charge is -2.33. The van der Waals surface area contributed by atoms with Crippen LogP contribution in [0.25, 0.3) is 0 Å². The van der Waals surface area contributed by atoms with Gasteiger partial charge in [-0.2, -0.15) is 0 Å². The fourth-order valence-corrected chi connectivity index (χ4v) is 6.15. The van der Waals surface area contributed by atoms with E-state index >= 15 is 0 Å². The average molecular weight is 600 g/mol. The fourth-order valence-electron chi connectivity index (χ4n) is 4.53. The van der Waals surface area contributed by atoms with Gasteiger partial charge in [-0.1, -0.05) is 61.8 Å². The van der Waals surface area contributed by atoms with E-state index in [2.05, 4.69) is 5.32 Å². The Bertz CT molecular complexity index is 1470. The maximum Gasteiger partial charge on any atom is 0.264 e. The lowest BCUT2D eigenvalue weighted by Crippen LogP contribution is -2.52. The predicted octanol–water partition coefficient (Wildman–Crippen LogP) is 4.64. The van der Waals surface area contributed by atoms with Crippen molar-refractivity contribution in [3.8, 4) is 11.5 Å². The molecule has 1 unspecified atom stereocenters. The molecular weight excluding hydrogens is 566 g/mol. The number of rotatable bonds is 12. The Morgan fingerprint density at radius 2 is 1.63 bits per heavy atom. The molecule has 3 aromatic rings. The van der Waals surface area contributed by atoms with Gasteiger partial charge in [0.1, 0.15) is 25.8 Å². The van der Waals surface area contributed by atoms with Gasteiger partial charge in [0.2, 0.25) is 11.8 Å². The van der Waals surface area contributed by atoms with Crippen molar-refractivity contribution in [2.75, 3.05) is 30.6 Å². The van der Waals surface area contributed by atoms with Gasteiger partial charge in [0.15, 0.2) is 11.5 Å². The van der Waals surface area contributed by atoms with Crippen molar-refractivity contribution in [3.63, 3.8) is 0 Å². The molecule has 1 heterocycles. The first-order chi connectivity index (χ1) is 19.8. The molecular formula is C30H34ClN3O6S. The zero-order valence-electron chi connectivity index (χ0n) is 23.1. The molecule has 1 N–H and O–H groups in total. The van der Waals surface area contributed by atoms with Crippen LogP contribution in [0.5, 0.6) is 11.5 Å². The molecule has 0 fully saturated rings. The predicted molar refractivity (Wildman–Crippen MR) is 158 cm³/mol. The van der Waals surface area contributed by atoms with Crippen LogP contribution in [-0.2, 0) is 26.2 Å². The molecule has 2 amide bonds. The lowest BCUT2D eigenvalue weighted by molar-refractivity contribution is -0.140. The van der Waals surface area contributed by atoms with Gasteiger partial charge >= 0.3 is 0 Å². The highest BCUT2D eigenvalue weighted by molar-refractivity contribution is 7.92. The van der Waals surface area contributed by atoms with E-state index in [1.54, 1.807) is 60.7 Å². The number of sulfonamides is 1. The number of ether oxygens (including phenoxy) is 2. The van der Waals surface area contributed by atoms with Crippen LogP contribution in [0.1, 0.15) is 32.3 Å². The minimum atomic E-state index is -4.19. The summed E-state index contributed by atoms with van der Waals surface area (Å²) in [5.41, 5.74) is 0.869. The van der Waals surface area contributed by atoms with E-state index < -0.39 is 28.5 Å².